The number of aliphatic hydroxyl groups is 1. The van der Waals surface area contributed by atoms with Crippen LogP contribution in [0.15, 0.2) is 36.7 Å². The fourth-order valence-electron chi connectivity index (χ4n) is 2.55. The summed E-state index contributed by atoms with van der Waals surface area (Å²) in [6.45, 7) is 2.06. The monoisotopic (exact) mass is 289 g/mol. The lowest BCUT2D eigenvalue weighted by atomic mass is 10.2. The number of hydrogen-bond donors (Lipinski definition) is 1. The van der Waals surface area contributed by atoms with Crippen molar-refractivity contribution < 1.29 is 9.50 Å². The van der Waals surface area contributed by atoms with Gasteiger partial charge in [-0.3, -0.25) is 4.90 Å². The van der Waals surface area contributed by atoms with Gasteiger partial charge < -0.3 is 9.67 Å². The largest absolute Gasteiger partial charge is 0.395 e. The maximum absolute atomic E-state index is 13.0. The molecule has 5 heteroatoms. The third-order valence-corrected chi connectivity index (χ3v) is 3.79. The molecule has 3 rings (SSSR count). The first-order valence-corrected chi connectivity index (χ1v) is 7.35. The van der Waals surface area contributed by atoms with E-state index in [4.69, 9.17) is 0 Å². The molecule has 2 aromatic rings. The molecule has 1 aliphatic rings. The van der Waals surface area contributed by atoms with Crippen LogP contribution in [0, 0.1) is 5.82 Å². The van der Waals surface area contributed by atoms with Crippen LogP contribution in [0.4, 0.5) is 4.39 Å². The Bertz CT molecular complexity index is 577. The van der Waals surface area contributed by atoms with Gasteiger partial charge in [-0.05, 0) is 30.5 Å². The summed E-state index contributed by atoms with van der Waals surface area (Å²) in [7, 11) is 0. The van der Waals surface area contributed by atoms with Gasteiger partial charge in [0, 0.05) is 31.5 Å². The zero-order valence-corrected chi connectivity index (χ0v) is 12.0. The van der Waals surface area contributed by atoms with Crippen molar-refractivity contribution >= 4 is 0 Å². The Balaban J connectivity index is 1.68. The molecule has 0 aliphatic heterocycles. The number of nitrogens with zero attached hydrogens (tertiary/aromatic N) is 3. The predicted octanol–water partition coefficient (Wildman–Crippen LogP) is 2.35. The molecule has 1 saturated carbocycles. The maximum atomic E-state index is 13.0. The van der Waals surface area contributed by atoms with Crippen molar-refractivity contribution in [2.45, 2.75) is 32.0 Å². The molecule has 0 unspecified atom stereocenters. The lowest BCUT2D eigenvalue weighted by Crippen LogP contribution is -2.27. The minimum atomic E-state index is -0.225. The highest BCUT2D eigenvalue weighted by molar-refractivity contribution is 5.16. The molecule has 1 heterocycles. The number of aliphatic hydroxyl groups excluding tert-OH is 1. The fraction of sp³-hybridized carbons (Fsp3) is 0.438. The van der Waals surface area contributed by atoms with Crippen molar-refractivity contribution in [3.63, 3.8) is 0 Å². The summed E-state index contributed by atoms with van der Waals surface area (Å²) in [5.74, 6) is 0.810. The summed E-state index contributed by atoms with van der Waals surface area (Å²) in [4.78, 5) is 6.57. The highest BCUT2D eigenvalue weighted by Gasteiger charge is 2.25. The van der Waals surface area contributed by atoms with E-state index in [0.717, 1.165) is 11.4 Å². The minimum absolute atomic E-state index is 0.103. The average molecular weight is 289 g/mol. The fourth-order valence-corrected chi connectivity index (χ4v) is 2.55. The first-order chi connectivity index (χ1) is 10.3. The van der Waals surface area contributed by atoms with Crippen LogP contribution in [0.25, 0.3) is 0 Å². The van der Waals surface area contributed by atoms with Gasteiger partial charge in [-0.2, -0.15) is 0 Å². The van der Waals surface area contributed by atoms with Crippen molar-refractivity contribution in [3.05, 3.63) is 53.9 Å². The second kappa shape index (κ2) is 6.37. The Morgan fingerprint density at radius 1 is 1.24 bits per heavy atom. The number of halogens is 1. The van der Waals surface area contributed by atoms with E-state index in [1.807, 2.05) is 12.4 Å². The molecule has 1 aromatic heterocycles. The molecular weight excluding hydrogens is 269 g/mol. The molecule has 0 atom stereocenters. The summed E-state index contributed by atoms with van der Waals surface area (Å²) in [5, 5.41) is 9.25. The van der Waals surface area contributed by atoms with Crippen LogP contribution < -0.4 is 0 Å². The van der Waals surface area contributed by atoms with Gasteiger partial charge in [0.2, 0.25) is 0 Å². The van der Waals surface area contributed by atoms with Crippen LogP contribution in [0.2, 0.25) is 0 Å². The molecule has 0 bridgehead atoms. The zero-order chi connectivity index (χ0) is 14.7. The number of aromatic nitrogens is 2. The standard InChI is InChI=1S/C16H20FN3O/c17-14-3-1-13(2-4-14)11-19(9-10-21)12-16-18-7-8-20(16)15-5-6-15/h1-4,7-8,15,21H,5-6,9-12H2. The van der Waals surface area contributed by atoms with Crippen molar-refractivity contribution in [1.29, 1.82) is 0 Å². The van der Waals surface area contributed by atoms with Gasteiger partial charge in [0.05, 0.1) is 13.2 Å². The van der Waals surface area contributed by atoms with Gasteiger partial charge in [-0.25, -0.2) is 9.37 Å². The summed E-state index contributed by atoms with van der Waals surface area (Å²) in [5.41, 5.74) is 1.04. The molecule has 0 amide bonds. The Morgan fingerprint density at radius 2 is 2.00 bits per heavy atom. The summed E-state index contributed by atoms with van der Waals surface area (Å²) in [6, 6.07) is 7.11. The Morgan fingerprint density at radius 3 is 2.67 bits per heavy atom. The van der Waals surface area contributed by atoms with E-state index >= 15 is 0 Å². The van der Waals surface area contributed by atoms with E-state index < -0.39 is 0 Å². The Hall–Kier alpha value is -1.72. The summed E-state index contributed by atoms with van der Waals surface area (Å²) in [6.07, 6.45) is 6.31. The summed E-state index contributed by atoms with van der Waals surface area (Å²) >= 11 is 0. The molecule has 112 valence electrons. The quantitative estimate of drug-likeness (QED) is 0.850. The van der Waals surface area contributed by atoms with Gasteiger partial charge in [0.25, 0.3) is 0 Å². The van der Waals surface area contributed by atoms with Crippen LogP contribution in [0.5, 0.6) is 0 Å². The van der Waals surface area contributed by atoms with Gasteiger partial charge >= 0.3 is 0 Å². The second-order valence-corrected chi connectivity index (χ2v) is 5.54. The first kappa shape index (κ1) is 14.2. The van der Waals surface area contributed by atoms with Crippen molar-refractivity contribution in [2.75, 3.05) is 13.2 Å². The van der Waals surface area contributed by atoms with E-state index in [0.29, 0.717) is 25.7 Å². The second-order valence-electron chi connectivity index (χ2n) is 5.54. The SMILES string of the molecule is OCCN(Cc1ccc(F)cc1)Cc1nccn1C1CC1. The zero-order valence-electron chi connectivity index (χ0n) is 12.0. The van der Waals surface area contributed by atoms with Crippen LogP contribution in [-0.4, -0.2) is 32.7 Å². The third kappa shape index (κ3) is 3.68. The molecule has 0 spiro atoms. The normalized spacial score (nSPS) is 14.8. The minimum Gasteiger partial charge on any atom is -0.395 e. The molecule has 0 saturated heterocycles. The van der Waals surface area contributed by atoms with Crippen LogP contribution in [0.3, 0.4) is 0 Å². The van der Waals surface area contributed by atoms with Crippen LogP contribution in [-0.2, 0) is 13.1 Å². The topological polar surface area (TPSA) is 41.3 Å². The maximum Gasteiger partial charge on any atom is 0.123 e. The molecule has 0 radical (unpaired) electrons. The van der Waals surface area contributed by atoms with E-state index in [1.54, 1.807) is 12.1 Å². The molecule has 1 fully saturated rings. The lowest BCUT2D eigenvalue weighted by Gasteiger charge is -2.21. The van der Waals surface area contributed by atoms with Crippen LogP contribution >= 0.6 is 0 Å². The van der Waals surface area contributed by atoms with Gasteiger partial charge in [-0.15, -0.1) is 0 Å². The highest BCUT2D eigenvalue weighted by atomic mass is 19.1. The van der Waals surface area contributed by atoms with E-state index in [-0.39, 0.29) is 12.4 Å². The Labute approximate surface area is 123 Å². The predicted molar refractivity (Wildman–Crippen MR) is 78.1 cm³/mol. The molecule has 1 aliphatic carbocycles. The van der Waals surface area contributed by atoms with E-state index in [2.05, 4.69) is 14.5 Å². The lowest BCUT2D eigenvalue weighted by molar-refractivity contribution is 0.179. The molecule has 1 aromatic carbocycles. The van der Waals surface area contributed by atoms with Gasteiger partial charge in [0.15, 0.2) is 0 Å². The Kier molecular flexibility index (Phi) is 4.31. The number of imidazole rings is 1. The van der Waals surface area contributed by atoms with Crippen LogP contribution in [0.1, 0.15) is 30.3 Å². The molecule has 21 heavy (non-hydrogen) atoms. The molecular formula is C16H20FN3O. The van der Waals surface area contributed by atoms with E-state index in [1.165, 1.54) is 25.0 Å². The summed E-state index contributed by atoms with van der Waals surface area (Å²) < 4.78 is 15.2. The average Bonchev–Trinajstić information content (AvgIpc) is 3.22. The molecule has 4 nitrogen and oxygen atoms in total. The number of benzene rings is 1. The highest BCUT2D eigenvalue weighted by Crippen LogP contribution is 2.35. The molecule has 1 N–H and O–H groups in total. The van der Waals surface area contributed by atoms with Gasteiger partial charge in [0.1, 0.15) is 11.6 Å². The smallest absolute Gasteiger partial charge is 0.123 e. The van der Waals surface area contributed by atoms with Gasteiger partial charge in [-0.1, -0.05) is 12.1 Å². The van der Waals surface area contributed by atoms with E-state index in [9.17, 15) is 9.50 Å². The van der Waals surface area contributed by atoms with Crippen molar-refractivity contribution in [3.8, 4) is 0 Å². The number of rotatable bonds is 7. The first-order valence-electron chi connectivity index (χ1n) is 7.35. The van der Waals surface area contributed by atoms with Crippen molar-refractivity contribution in [1.82, 2.24) is 14.5 Å². The van der Waals surface area contributed by atoms with Crippen molar-refractivity contribution in [2.24, 2.45) is 0 Å². The third-order valence-electron chi connectivity index (χ3n) is 3.79. The number of hydrogen-bond acceptors (Lipinski definition) is 3.